The molecule has 0 unspecified atom stereocenters. The topological polar surface area (TPSA) is 97.5 Å². The van der Waals surface area contributed by atoms with E-state index in [0.717, 1.165) is 12.1 Å². The van der Waals surface area contributed by atoms with E-state index in [1.165, 1.54) is 30.3 Å². The molecule has 0 radical (unpaired) electrons. The summed E-state index contributed by atoms with van der Waals surface area (Å²) in [5.74, 6) is -1.14. The molecule has 0 bridgehead atoms. The first-order valence-corrected chi connectivity index (χ1v) is 8.98. The summed E-state index contributed by atoms with van der Waals surface area (Å²) in [5.41, 5.74) is 5.55. The van der Waals surface area contributed by atoms with E-state index in [1.54, 1.807) is 0 Å². The van der Waals surface area contributed by atoms with Crippen LogP contribution in [0.4, 0.5) is 4.39 Å². The molecule has 0 saturated carbocycles. The fourth-order valence-electron chi connectivity index (χ4n) is 1.53. The smallest absolute Gasteiger partial charge is 0.287 e. The van der Waals surface area contributed by atoms with Gasteiger partial charge in [0.1, 0.15) is 5.82 Å². The summed E-state index contributed by atoms with van der Waals surface area (Å²) in [4.78, 5) is 10.5. The number of carbonyl (C=O) groups excluding carboxylic acids is 1. The third-order valence-electron chi connectivity index (χ3n) is 2.51. The molecule has 10 heteroatoms. The highest BCUT2D eigenvalue weighted by molar-refractivity contribution is 7.88. The van der Waals surface area contributed by atoms with Crippen LogP contribution < -0.4 is 5.73 Å². The van der Waals surface area contributed by atoms with Crippen LogP contribution in [-0.4, -0.2) is 18.9 Å². The largest absolute Gasteiger partial charge is 0.366 e. The average Bonchev–Trinajstić information content (AvgIpc) is 2.43. The molecule has 0 heterocycles. The lowest BCUT2D eigenvalue weighted by molar-refractivity contribution is 0.100. The first kappa shape index (κ1) is 21.4. The van der Waals surface area contributed by atoms with Crippen molar-refractivity contribution in [3.8, 4) is 0 Å². The fraction of sp³-hybridized carbons (Fsp3) is 0. The predicted molar refractivity (Wildman–Crippen MR) is 97.0 cm³/mol. The van der Waals surface area contributed by atoms with Crippen LogP contribution in [0.3, 0.4) is 0 Å². The highest BCUT2D eigenvalue weighted by Crippen LogP contribution is 2.20. The van der Waals surface area contributed by atoms with Crippen LogP contribution in [0.25, 0.3) is 6.08 Å². The van der Waals surface area contributed by atoms with Crippen LogP contribution in [0, 0.1) is 5.82 Å². The minimum Gasteiger partial charge on any atom is -0.366 e. The van der Waals surface area contributed by atoms with Crippen LogP contribution in [0.5, 0.6) is 0 Å². The maximum atomic E-state index is 12.4. The molecule has 0 aliphatic rings. The Labute approximate surface area is 158 Å². The van der Waals surface area contributed by atoms with Crippen molar-refractivity contribution >= 4 is 56.9 Å². The standard InChI is InChI=1S/C8H6Cl2O3S.C7H5ClFNO/c9-7-3-6(4-8(10)5-7)1-2-14(11,12)13;8-6-3-4(9)1-2-5(6)7(10)11/h1-5H,(H,11,12,13);1-3H,(H2,10,11)/b2-1+;. The number of halogens is 4. The Morgan fingerprint density at radius 3 is 2.08 bits per heavy atom. The SMILES string of the molecule is NC(=O)c1ccc(F)cc1Cl.O=S(=O)(O)/C=C/c1cc(Cl)cc(Cl)c1. The quantitative estimate of drug-likeness (QED) is 0.709. The first-order valence-electron chi connectivity index (χ1n) is 6.34. The number of nitrogens with two attached hydrogens (primary N) is 1. The van der Waals surface area contributed by atoms with Crippen LogP contribution >= 0.6 is 34.8 Å². The normalized spacial score (nSPS) is 11.1. The molecule has 2 aromatic carbocycles. The van der Waals surface area contributed by atoms with E-state index >= 15 is 0 Å². The van der Waals surface area contributed by atoms with Gasteiger partial charge in [-0.05, 0) is 48.0 Å². The van der Waals surface area contributed by atoms with Crippen LogP contribution in [0.15, 0.2) is 41.8 Å². The summed E-state index contributed by atoms with van der Waals surface area (Å²) in [7, 11) is -4.11. The van der Waals surface area contributed by atoms with Crippen molar-refractivity contribution in [2.24, 2.45) is 5.73 Å². The molecule has 0 saturated heterocycles. The molecule has 134 valence electrons. The van der Waals surface area contributed by atoms with Gasteiger partial charge < -0.3 is 5.73 Å². The van der Waals surface area contributed by atoms with Gasteiger partial charge in [-0.2, -0.15) is 8.42 Å². The zero-order valence-corrected chi connectivity index (χ0v) is 15.4. The summed E-state index contributed by atoms with van der Waals surface area (Å²) in [6.07, 6.45) is 1.20. The van der Waals surface area contributed by atoms with Gasteiger partial charge in [0.15, 0.2) is 0 Å². The van der Waals surface area contributed by atoms with Gasteiger partial charge in [0.2, 0.25) is 5.91 Å². The van der Waals surface area contributed by atoms with Crippen molar-refractivity contribution < 1.29 is 22.2 Å². The molecule has 25 heavy (non-hydrogen) atoms. The van der Waals surface area contributed by atoms with Gasteiger partial charge in [-0.1, -0.05) is 34.8 Å². The lowest BCUT2D eigenvalue weighted by Crippen LogP contribution is -2.11. The third kappa shape index (κ3) is 8.33. The van der Waals surface area contributed by atoms with Crippen molar-refractivity contribution in [3.63, 3.8) is 0 Å². The second-order valence-corrected chi connectivity index (χ2v) is 7.09. The zero-order chi connectivity index (χ0) is 19.2. The lowest BCUT2D eigenvalue weighted by atomic mass is 10.2. The van der Waals surface area contributed by atoms with Crippen LogP contribution in [-0.2, 0) is 10.1 Å². The molecule has 2 aromatic rings. The van der Waals surface area contributed by atoms with Crippen molar-refractivity contribution in [2.75, 3.05) is 0 Å². The predicted octanol–water partition coefficient (Wildman–Crippen LogP) is 4.43. The number of hydrogen-bond acceptors (Lipinski definition) is 3. The Morgan fingerprint density at radius 2 is 1.64 bits per heavy atom. The number of hydrogen-bond donors (Lipinski definition) is 2. The Morgan fingerprint density at radius 1 is 1.08 bits per heavy atom. The van der Waals surface area contributed by atoms with Crippen molar-refractivity contribution in [1.29, 1.82) is 0 Å². The molecular formula is C15H11Cl3FNO4S. The van der Waals surface area contributed by atoms with Gasteiger partial charge in [-0.25, -0.2) is 4.39 Å². The number of primary amides is 1. The van der Waals surface area contributed by atoms with E-state index in [1.807, 2.05) is 0 Å². The molecule has 2 rings (SSSR count). The van der Waals surface area contributed by atoms with Crippen LogP contribution in [0.2, 0.25) is 15.1 Å². The maximum Gasteiger partial charge on any atom is 0.287 e. The monoisotopic (exact) mass is 425 g/mol. The van der Waals surface area contributed by atoms with Gasteiger partial charge in [0, 0.05) is 10.0 Å². The summed E-state index contributed by atoms with van der Waals surface area (Å²) in [6, 6.07) is 7.99. The minimum absolute atomic E-state index is 0.0394. The number of amides is 1. The van der Waals surface area contributed by atoms with Gasteiger partial charge in [-0.15, -0.1) is 0 Å². The Balaban J connectivity index is 0.000000257. The van der Waals surface area contributed by atoms with Gasteiger partial charge >= 0.3 is 0 Å². The molecule has 0 aromatic heterocycles. The van der Waals surface area contributed by atoms with Gasteiger partial charge in [0.05, 0.1) is 16.0 Å². The van der Waals surface area contributed by atoms with Crippen molar-refractivity contribution in [3.05, 3.63) is 73.8 Å². The van der Waals surface area contributed by atoms with Crippen molar-refractivity contribution in [2.45, 2.75) is 0 Å². The molecule has 0 aliphatic heterocycles. The average molecular weight is 427 g/mol. The van der Waals surface area contributed by atoms with Crippen molar-refractivity contribution in [1.82, 2.24) is 0 Å². The number of benzene rings is 2. The molecule has 5 nitrogen and oxygen atoms in total. The summed E-state index contributed by atoms with van der Waals surface area (Å²) < 4.78 is 41.6. The summed E-state index contributed by atoms with van der Waals surface area (Å²) in [5, 5.41) is 1.49. The fourth-order valence-corrected chi connectivity index (χ4v) is 2.66. The number of rotatable bonds is 3. The molecular weight excluding hydrogens is 416 g/mol. The molecule has 0 spiro atoms. The molecule has 3 N–H and O–H groups in total. The lowest BCUT2D eigenvalue weighted by Gasteiger charge is -1.97. The minimum atomic E-state index is -4.11. The third-order valence-corrected chi connectivity index (χ3v) is 3.74. The molecule has 0 fully saturated rings. The molecule has 1 amide bonds. The Hall–Kier alpha value is -1.64. The second-order valence-electron chi connectivity index (χ2n) is 4.51. The van der Waals surface area contributed by atoms with Gasteiger partial charge in [-0.3, -0.25) is 9.35 Å². The summed E-state index contributed by atoms with van der Waals surface area (Å²) in [6.45, 7) is 0. The van der Waals surface area contributed by atoms with E-state index in [0.29, 0.717) is 21.0 Å². The molecule has 0 atom stereocenters. The van der Waals surface area contributed by atoms with Crippen LogP contribution in [0.1, 0.15) is 15.9 Å². The number of carbonyl (C=O) groups is 1. The van der Waals surface area contributed by atoms with E-state index < -0.39 is 21.8 Å². The Bertz CT molecular complexity index is 897. The van der Waals surface area contributed by atoms with E-state index in [2.05, 4.69) is 0 Å². The van der Waals surface area contributed by atoms with E-state index in [9.17, 15) is 17.6 Å². The second kappa shape index (κ2) is 9.17. The Kier molecular flexibility index (Phi) is 7.85. The molecule has 0 aliphatic carbocycles. The van der Waals surface area contributed by atoms with E-state index in [-0.39, 0.29) is 10.6 Å². The summed E-state index contributed by atoms with van der Waals surface area (Å²) >= 11 is 16.8. The highest BCUT2D eigenvalue weighted by atomic mass is 35.5. The van der Waals surface area contributed by atoms with Gasteiger partial charge in [0.25, 0.3) is 10.1 Å². The maximum absolute atomic E-state index is 12.4. The zero-order valence-electron chi connectivity index (χ0n) is 12.3. The first-order chi connectivity index (χ1) is 11.5. The van der Waals surface area contributed by atoms with E-state index in [4.69, 9.17) is 45.1 Å². The highest BCUT2D eigenvalue weighted by Gasteiger charge is 2.05.